The summed E-state index contributed by atoms with van der Waals surface area (Å²) < 4.78 is 34.3. The number of nitrogens with zero attached hydrogens (tertiary/aromatic N) is 4. The first kappa shape index (κ1) is 15.9. The Labute approximate surface area is 139 Å². The van der Waals surface area contributed by atoms with Crippen LogP contribution < -0.4 is 9.46 Å². The summed E-state index contributed by atoms with van der Waals surface area (Å²) in [6.07, 6.45) is 1.38. The highest BCUT2D eigenvalue weighted by Crippen LogP contribution is 2.27. The number of hydrogen-bond donors (Lipinski definition) is 1. The van der Waals surface area contributed by atoms with Gasteiger partial charge in [-0.15, -0.1) is 5.10 Å². The molecule has 0 aliphatic heterocycles. The molecule has 0 bridgehead atoms. The van der Waals surface area contributed by atoms with Gasteiger partial charge in [-0.2, -0.15) is 4.68 Å². The minimum atomic E-state index is -3.76. The van der Waals surface area contributed by atoms with Crippen molar-refractivity contribution in [3.63, 3.8) is 0 Å². The van der Waals surface area contributed by atoms with Crippen molar-refractivity contribution in [2.75, 3.05) is 11.8 Å². The van der Waals surface area contributed by atoms with Crippen molar-refractivity contribution >= 4 is 15.7 Å². The zero-order valence-corrected chi connectivity index (χ0v) is 13.9. The smallest absolute Gasteiger partial charge is 0.261 e. The molecule has 0 radical (unpaired) electrons. The van der Waals surface area contributed by atoms with Gasteiger partial charge in [0, 0.05) is 6.07 Å². The number of anilines is 1. The van der Waals surface area contributed by atoms with Crippen LogP contribution >= 0.6 is 0 Å². The molecule has 0 aliphatic carbocycles. The second-order valence-electron chi connectivity index (χ2n) is 5.06. The standard InChI is InChI=1S/C15H15N5O3S/c1-11-3-6-13(7-4-11)24(21,22)17-14-9-12(23-2)5-8-15(14)20-10-16-18-19-20/h3-10,17H,1-2H3. The number of rotatable bonds is 5. The molecule has 0 aliphatic rings. The van der Waals surface area contributed by atoms with E-state index in [0.717, 1.165) is 5.56 Å². The van der Waals surface area contributed by atoms with E-state index in [4.69, 9.17) is 4.74 Å². The molecule has 9 heteroatoms. The molecule has 0 fully saturated rings. The number of aryl methyl sites for hydroxylation is 1. The fourth-order valence-corrected chi connectivity index (χ4v) is 3.18. The average Bonchev–Trinajstić information content (AvgIpc) is 3.09. The fraction of sp³-hybridized carbons (Fsp3) is 0.133. The van der Waals surface area contributed by atoms with Crippen molar-refractivity contribution < 1.29 is 13.2 Å². The van der Waals surface area contributed by atoms with Crippen LogP contribution in [-0.2, 0) is 10.0 Å². The molecule has 0 amide bonds. The molecule has 8 nitrogen and oxygen atoms in total. The lowest BCUT2D eigenvalue weighted by molar-refractivity contribution is 0.415. The number of benzene rings is 2. The fourth-order valence-electron chi connectivity index (χ4n) is 2.12. The van der Waals surface area contributed by atoms with Crippen LogP contribution in [0.1, 0.15) is 5.56 Å². The third-order valence-electron chi connectivity index (χ3n) is 3.38. The van der Waals surface area contributed by atoms with Crippen molar-refractivity contribution in [2.45, 2.75) is 11.8 Å². The Morgan fingerprint density at radius 2 is 1.88 bits per heavy atom. The summed E-state index contributed by atoms with van der Waals surface area (Å²) in [6, 6.07) is 11.5. The van der Waals surface area contributed by atoms with Crippen LogP contribution in [0.4, 0.5) is 5.69 Å². The van der Waals surface area contributed by atoms with Crippen molar-refractivity contribution in [2.24, 2.45) is 0 Å². The van der Waals surface area contributed by atoms with Crippen LogP contribution in [0.3, 0.4) is 0 Å². The summed E-state index contributed by atoms with van der Waals surface area (Å²) in [4.78, 5) is 0.165. The van der Waals surface area contributed by atoms with Crippen molar-refractivity contribution in [3.05, 3.63) is 54.4 Å². The van der Waals surface area contributed by atoms with Gasteiger partial charge < -0.3 is 4.74 Å². The number of ether oxygens (including phenoxy) is 1. The molecule has 1 N–H and O–H groups in total. The van der Waals surface area contributed by atoms with Crippen molar-refractivity contribution in [1.82, 2.24) is 20.2 Å². The summed E-state index contributed by atoms with van der Waals surface area (Å²) in [7, 11) is -2.25. The van der Waals surface area contributed by atoms with E-state index in [0.29, 0.717) is 17.1 Å². The number of hydrogen-bond acceptors (Lipinski definition) is 6. The molecule has 0 spiro atoms. The number of aromatic nitrogens is 4. The van der Waals surface area contributed by atoms with Crippen molar-refractivity contribution in [3.8, 4) is 11.4 Å². The molecule has 0 unspecified atom stereocenters. The SMILES string of the molecule is COc1ccc(-n2cnnn2)c(NS(=O)(=O)c2ccc(C)cc2)c1. The van der Waals surface area contributed by atoms with Gasteiger partial charge in [-0.25, -0.2) is 8.42 Å². The number of sulfonamides is 1. The van der Waals surface area contributed by atoms with Gasteiger partial charge in [-0.1, -0.05) is 17.7 Å². The lowest BCUT2D eigenvalue weighted by atomic mass is 10.2. The van der Waals surface area contributed by atoms with E-state index >= 15 is 0 Å². The van der Waals surface area contributed by atoms with Gasteiger partial charge in [0.2, 0.25) is 0 Å². The first-order valence-corrected chi connectivity index (χ1v) is 8.49. The van der Waals surface area contributed by atoms with Crippen LogP contribution in [0.5, 0.6) is 5.75 Å². The number of nitrogens with one attached hydrogen (secondary N) is 1. The highest BCUT2D eigenvalue weighted by molar-refractivity contribution is 7.92. The molecule has 1 heterocycles. The van der Waals surface area contributed by atoms with E-state index in [-0.39, 0.29) is 4.90 Å². The predicted octanol–water partition coefficient (Wildman–Crippen LogP) is 1.78. The largest absolute Gasteiger partial charge is 0.497 e. The van der Waals surface area contributed by atoms with Gasteiger partial charge in [-0.05, 0) is 41.6 Å². The Morgan fingerprint density at radius 1 is 1.12 bits per heavy atom. The zero-order valence-electron chi connectivity index (χ0n) is 13.0. The predicted molar refractivity (Wildman–Crippen MR) is 87.7 cm³/mol. The Balaban J connectivity index is 2.03. The highest BCUT2D eigenvalue weighted by atomic mass is 32.2. The monoisotopic (exact) mass is 345 g/mol. The molecule has 0 saturated heterocycles. The Morgan fingerprint density at radius 3 is 2.50 bits per heavy atom. The maximum Gasteiger partial charge on any atom is 0.261 e. The Bertz CT molecular complexity index is 938. The molecule has 3 aromatic rings. The second kappa shape index (κ2) is 6.28. The van der Waals surface area contributed by atoms with E-state index < -0.39 is 10.0 Å². The van der Waals surface area contributed by atoms with Crippen LogP contribution in [0.25, 0.3) is 5.69 Å². The van der Waals surface area contributed by atoms with Gasteiger partial charge >= 0.3 is 0 Å². The summed E-state index contributed by atoms with van der Waals surface area (Å²) in [5.41, 5.74) is 1.77. The molecule has 0 atom stereocenters. The number of methoxy groups -OCH3 is 1. The molecule has 24 heavy (non-hydrogen) atoms. The third kappa shape index (κ3) is 3.20. The molecule has 1 aromatic heterocycles. The van der Waals surface area contributed by atoms with Gasteiger partial charge in [-0.3, -0.25) is 4.72 Å². The highest BCUT2D eigenvalue weighted by Gasteiger charge is 2.17. The van der Waals surface area contributed by atoms with E-state index in [1.165, 1.54) is 18.1 Å². The summed E-state index contributed by atoms with van der Waals surface area (Å²) >= 11 is 0. The first-order chi connectivity index (χ1) is 11.5. The van der Waals surface area contributed by atoms with Crippen LogP contribution in [0.2, 0.25) is 0 Å². The maximum atomic E-state index is 12.6. The van der Waals surface area contributed by atoms with Crippen LogP contribution in [-0.4, -0.2) is 35.7 Å². The molecule has 2 aromatic carbocycles. The van der Waals surface area contributed by atoms with E-state index in [1.807, 2.05) is 6.92 Å². The Hall–Kier alpha value is -2.94. The number of tetrazole rings is 1. The summed E-state index contributed by atoms with van der Waals surface area (Å²) in [6.45, 7) is 1.89. The third-order valence-corrected chi connectivity index (χ3v) is 4.76. The zero-order chi connectivity index (χ0) is 17.2. The van der Waals surface area contributed by atoms with Crippen LogP contribution in [0.15, 0.2) is 53.7 Å². The lowest BCUT2D eigenvalue weighted by Crippen LogP contribution is -2.15. The molecular weight excluding hydrogens is 330 g/mol. The summed E-state index contributed by atoms with van der Waals surface area (Å²) in [5.74, 6) is 0.508. The van der Waals surface area contributed by atoms with Crippen LogP contribution in [0, 0.1) is 6.92 Å². The first-order valence-electron chi connectivity index (χ1n) is 7.00. The molecule has 0 saturated carbocycles. The normalized spacial score (nSPS) is 11.2. The Kier molecular flexibility index (Phi) is 4.17. The average molecular weight is 345 g/mol. The van der Waals surface area contributed by atoms with E-state index in [9.17, 15) is 8.42 Å². The molecule has 3 rings (SSSR count). The van der Waals surface area contributed by atoms with Crippen molar-refractivity contribution in [1.29, 1.82) is 0 Å². The quantitative estimate of drug-likeness (QED) is 0.757. The van der Waals surface area contributed by atoms with Gasteiger partial charge in [0.25, 0.3) is 10.0 Å². The minimum Gasteiger partial charge on any atom is -0.497 e. The van der Waals surface area contributed by atoms with Gasteiger partial charge in [0.05, 0.1) is 23.4 Å². The van der Waals surface area contributed by atoms with Gasteiger partial charge in [0.1, 0.15) is 12.1 Å². The van der Waals surface area contributed by atoms with E-state index in [2.05, 4.69) is 20.2 Å². The maximum absolute atomic E-state index is 12.6. The summed E-state index contributed by atoms with van der Waals surface area (Å²) in [5, 5.41) is 10.9. The minimum absolute atomic E-state index is 0.165. The van der Waals surface area contributed by atoms with E-state index in [1.54, 1.807) is 42.5 Å². The second-order valence-corrected chi connectivity index (χ2v) is 6.74. The lowest BCUT2D eigenvalue weighted by Gasteiger charge is -2.13. The van der Waals surface area contributed by atoms with Gasteiger partial charge in [0.15, 0.2) is 0 Å². The molecular formula is C15H15N5O3S. The topological polar surface area (TPSA) is 99.0 Å². The molecule has 124 valence electrons.